The van der Waals surface area contributed by atoms with E-state index in [0.29, 0.717) is 43.8 Å². The highest BCUT2D eigenvalue weighted by Crippen LogP contribution is 2.33. The molecule has 278 valence electrons. The van der Waals surface area contributed by atoms with Gasteiger partial charge in [0.05, 0.1) is 11.3 Å². The van der Waals surface area contributed by atoms with E-state index in [4.69, 9.17) is 9.47 Å². The third kappa shape index (κ3) is 10.4. The van der Waals surface area contributed by atoms with Crippen molar-refractivity contribution in [3.63, 3.8) is 0 Å². The van der Waals surface area contributed by atoms with Gasteiger partial charge in [0.2, 0.25) is 21.8 Å². The van der Waals surface area contributed by atoms with Gasteiger partial charge in [0.1, 0.15) is 18.0 Å². The van der Waals surface area contributed by atoms with E-state index in [1.165, 1.54) is 12.3 Å². The Bertz CT molecular complexity index is 1880. The first-order chi connectivity index (χ1) is 24.7. The van der Waals surface area contributed by atoms with Gasteiger partial charge in [-0.1, -0.05) is 42.5 Å². The van der Waals surface area contributed by atoms with Crippen LogP contribution in [0.25, 0.3) is 0 Å². The van der Waals surface area contributed by atoms with E-state index < -0.39 is 21.9 Å². The maximum absolute atomic E-state index is 13.7. The molecule has 0 radical (unpaired) electrons. The van der Waals surface area contributed by atoms with Crippen molar-refractivity contribution >= 4 is 21.6 Å². The molecule has 4 aromatic rings. The van der Waals surface area contributed by atoms with Crippen LogP contribution in [0.4, 0.5) is 18.9 Å². The molecule has 1 fully saturated rings. The van der Waals surface area contributed by atoms with Crippen LogP contribution >= 0.6 is 0 Å². The minimum atomic E-state index is -4.58. The van der Waals surface area contributed by atoms with Crippen molar-refractivity contribution in [2.24, 2.45) is 0 Å². The highest BCUT2D eigenvalue weighted by molar-refractivity contribution is 7.91. The summed E-state index contributed by atoms with van der Waals surface area (Å²) in [5.41, 5.74) is 0.881. The molecule has 1 aliphatic heterocycles. The Balaban J connectivity index is 1.23. The summed E-state index contributed by atoms with van der Waals surface area (Å²) in [5, 5.41) is 6.67. The van der Waals surface area contributed by atoms with Crippen LogP contribution in [0.2, 0.25) is 0 Å². The van der Waals surface area contributed by atoms with Crippen molar-refractivity contribution in [2.45, 2.75) is 70.5 Å². The van der Waals surface area contributed by atoms with Crippen molar-refractivity contribution in [3.05, 3.63) is 101 Å². The number of carbonyl (C=O) groups is 1. The summed E-state index contributed by atoms with van der Waals surface area (Å²) in [6.45, 7) is 10.2. The van der Waals surface area contributed by atoms with Crippen molar-refractivity contribution in [1.82, 2.24) is 25.0 Å². The number of likely N-dealkylation sites (tertiary alicyclic amines) is 1. The Labute approximate surface area is 302 Å². The number of nitrogens with zero attached hydrogens (tertiary/aromatic N) is 5. The minimum absolute atomic E-state index is 0.0577. The van der Waals surface area contributed by atoms with Gasteiger partial charge >= 0.3 is 6.18 Å². The number of hydrogen-bond donors (Lipinski definition) is 1. The average Bonchev–Trinajstić information content (AvgIpc) is 3.10. The summed E-state index contributed by atoms with van der Waals surface area (Å²) in [6, 6.07) is 20.0. The van der Waals surface area contributed by atoms with Gasteiger partial charge in [0.15, 0.2) is 5.69 Å². The van der Waals surface area contributed by atoms with Gasteiger partial charge in [-0.2, -0.15) is 13.2 Å². The van der Waals surface area contributed by atoms with Gasteiger partial charge in [0.25, 0.3) is 5.91 Å². The lowest BCUT2D eigenvalue weighted by molar-refractivity contribution is -0.141. The largest absolute Gasteiger partial charge is 0.475 e. The van der Waals surface area contributed by atoms with Crippen LogP contribution in [0.3, 0.4) is 0 Å². The normalized spacial score (nSPS) is 14.2. The first kappa shape index (κ1) is 38.5. The van der Waals surface area contributed by atoms with Gasteiger partial charge in [-0.05, 0) is 81.8 Å². The second-order valence-corrected chi connectivity index (χ2v) is 14.9. The SMILES string of the molecule is CC(C)N(CCOc1ncc(C(=O)N2CCC(c3ccc(Oc4ccc(C(F)(F)F)nn4)cc3)CC2)cc1NS(=O)(=O)Cc1ccccc1)C(C)C. The number of nitrogens with one attached hydrogen (secondary N) is 1. The third-order valence-corrected chi connectivity index (χ3v) is 10.0. The van der Waals surface area contributed by atoms with Gasteiger partial charge in [-0.3, -0.25) is 14.4 Å². The molecule has 15 heteroatoms. The highest BCUT2D eigenvalue weighted by Gasteiger charge is 2.33. The fourth-order valence-electron chi connectivity index (χ4n) is 6.17. The summed E-state index contributed by atoms with van der Waals surface area (Å²) in [4.78, 5) is 22.1. The second-order valence-electron chi connectivity index (χ2n) is 13.2. The summed E-state index contributed by atoms with van der Waals surface area (Å²) in [5.74, 6) is 0.0687. The van der Waals surface area contributed by atoms with Crippen LogP contribution in [-0.2, 0) is 22.0 Å². The van der Waals surface area contributed by atoms with E-state index in [-0.39, 0.29) is 59.3 Å². The molecule has 0 unspecified atom stereocenters. The van der Waals surface area contributed by atoms with E-state index in [1.807, 2.05) is 18.2 Å². The van der Waals surface area contributed by atoms with Gasteiger partial charge in [0, 0.05) is 44.0 Å². The van der Waals surface area contributed by atoms with Crippen LogP contribution in [0.5, 0.6) is 17.5 Å². The molecule has 0 aliphatic carbocycles. The summed E-state index contributed by atoms with van der Waals surface area (Å²) in [6.07, 6.45) is -1.80. The van der Waals surface area contributed by atoms with Crippen molar-refractivity contribution < 1.29 is 35.9 Å². The zero-order valence-corrected chi connectivity index (χ0v) is 30.3. The lowest BCUT2D eigenvalue weighted by atomic mass is 9.89. The molecule has 1 saturated heterocycles. The van der Waals surface area contributed by atoms with Crippen LogP contribution in [0.15, 0.2) is 79.0 Å². The number of aromatic nitrogens is 3. The zero-order valence-electron chi connectivity index (χ0n) is 29.5. The highest BCUT2D eigenvalue weighted by atomic mass is 32.2. The first-order valence-corrected chi connectivity index (χ1v) is 18.7. The lowest BCUT2D eigenvalue weighted by Crippen LogP contribution is -2.39. The molecule has 0 saturated carbocycles. The number of rotatable bonds is 14. The quantitative estimate of drug-likeness (QED) is 0.144. The first-order valence-electron chi connectivity index (χ1n) is 17.1. The Hall–Kier alpha value is -4.76. The number of benzene rings is 2. The summed E-state index contributed by atoms with van der Waals surface area (Å²) >= 11 is 0. The molecule has 1 aliphatic rings. The number of amides is 1. The summed E-state index contributed by atoms with van der Waals surface area (Å²) < 4.78 is 79.0. The smallest absolute Gasteiger partial charge is 0.435 e. The predicted octanol–water partition coefficient (Wildman–Crippen LogP) is 7.14. The van der Waals surface area contributed by atoms with Crippen molar-refractivity contribution in [2.75, 3.05) is 31.0 Å². The molecule has 0 spiro atoms. The topological polar surface area (TPSA) is 127 Å². The zero-order chi connectivity index (χ0) is 37.5. The molecule has 0 bridgehead atoms. The van der Waals surface area contributed by atoms with Crippen LogP contribution in [0, 0.1) is 0 Å². The number of ether oxygens (including phenoxy) is 2. The molecular formula is C37H43F3N6O5S. The van der Waals surface area contributed by atoms with Crippen LogP contribution in [0.1, 0.15) is 73.6 Å². The van der Waals surface area contributed by atoms with Crippen molar-refractivity contribution in [1.29, 1.82) is 0 Å². The predicted molar refractivity (Wildman–Crippen MR) is 191 cm³/mol. The number of hydrogen-bond acceptors (Lipinski definition) is 9. The number of sulfonamides is 1. The average molecular weight is 741 g/mol. The van der Waals surface area contributed by atoms with E-state index >= 15 is 0 Å². The standard InChI is InChI=1S/C37H43F3N6O5S/c1-25(2)46(26(3)4)20-21-50-35-32(44-52(48,49)24-27-8-6-5-7-9-27)22-30(23-41-35)36(47)45-18-16-29(17-19-45)28-10-12-31(13-11-28)51-34-15-14-33(42-43-34)37(38,39)40/h5-15,22-23,25-26,29,44H,16-21,24H2,1-4H3. The maximum Gasteiger partial charge on any atom is 0.435 e. The number of alkyl halides is 3. The molecular weight excluding hydrogens is 698 g/mol. The lowest BCUT2D eigenvalue weighted by Gasteiger charge is -2.32. The number of anilines is 1. The minimum Gasteiger partial charge on any atom is -0.475 e. The van der Waals surface area contributed by atoms with Crippen molar-refractivity contribution in [3.8, 4) is 17.5 Å². The van der Waals surface area contributed by atoms with Gasteiger partial charge in [-0.25, -0.2) is 13.4 Å². The fraction of sp³-hybridized carbons (Fsp3) is 0.405. The molecule has 0 atom stereocenters. The molecule has 1 N–H and O–H groups in total. The van der Waals surface area contributed by atoms with E-state index in [1.54, 1.807) is 41.3 Å². The Morgan fingerprint density at radius 1 is 0.962 bits per heavy atom. The molecule has 2 aromatic heterocycles. The molecule has 52 heavy (non-hydrogen) atoms. The number of carbonyl (C=O) groups excluding carboxylic acids is 1. The van der Waals surface area contributed by atoms with E-state index in [2.05, 4.69) is 52.5 Å². The van der Waals surface area contributed by atoms with Crippen LogP contribution < -0.4 is 14.2 Å². The van der Waals surface area contributed by atoms with Gasteiger partial charge in [-0.15, -0.1) is 10.2 Å². The Kier molecular flexibility index (Phi) is 12.4. The Morgan fingerprint density at radius 3 is 2.23 bits per heavy atom. The van der Waals surface area contributed by atoms with E-state index in [9.17, 15) is 26.4 Å². The van der Waals surface area contributed by atoms with Gasteiger partial charge < -0.3 is 14.4 Å². The molecule has 5 rings (SSSR count). The number of halogens is 3. The van der Waals surface area contributed by atoms with Crippen LogP contribution in [-0.4, -0.2) is 77.6 Å². The molecule has 3 heterocycles. The molecule has 1 amide bonds. The summed E-state index contributed by atoms with van der Waals surface area (Å²) in [7, 11) is -3.87. The Morgan fingerprint density at radius 2 is 1.63 bits per heavy atom. The van der Waals surface area contributed by atoms with E-state index in [0.717, 1.165) is 17.7 Å². The maximum atomic E-state index is 13.7. The monoisotopic (exact) mass is 740 g/mol. The third-order valence-electron chi connectivity index (χ3n) is 8.76. The molecule has 11 nitrogen and oxygen atoms in total. The number of pyridine rings is 1. The number of piperidine rings is 1. The molecule has 2 aromatic carbocycles. The fourth-order valence-corrected chi connectivity index (χ4v) is 7.35. The second kappa shape index (κ2) is 16.7.